The van der Waals surface area contributed by atoms with Crippen LogP contribution in [0.5, 0.6) is 0 Å². The molecule has 0 radical (unpaired) electrons. The van der Waals surface area contributed by atoms with Crippen LogP contribution in [-0.2, 0) is 0 Å². The van der Waals surface area contributed by atoms with E-state index in [1.54, 1.807) is 0 Å². The molecule has 0 unspecified atom stereocenters. The van der Waals surface area contributed by atoms with Crippen LogP contribution in [0.1, 0.15) is 0 Å². The smallest absolute Gasteiger partial charge is 0.0383 e. The first kappa shape index (κ1) is 9.58. The van der Waals surface area contributed by atoms with Gasteiger partial charge in [0.25, 0.3) is 0 Å². The highest BCUT2D eigenvalue weighted by molar-refractivity contribution is 4.54. The maximum atomic E-state index is 7.87. The fourth-order valence-electron chi connectivity index (χ4n) is 0.473. The SMILES string of the molecule is [N-]=[N+]=NCCNCCN=[N+]=[N-]. The zero-order valence-corrected chi connectivity index (χ0v) is 6.01. The Balaban J connectivity index is 3.02. The Hall–Kier alpha value is -1.42. The van der Waals surface area contributed by atoms with Gasteiger partial charge in [0, 0.05) is 36.0 Å². The summed E-state index contributed by atoms with van der Waals surface area (Å²) in [5.74, 6) is 0. The summed E-state index contributed by atoms with van der Waals surface area (Å²) in [4.78, 5) is 5.15. The summed E-state index contributed by atoms with van der Waals surface area (Å²) in [5, 5.41) is 9.53. The van der Waals surface area contributed by atoms with Crippen LogP contribution in [0.4, 0.5) is 0 Å². The Morgan fingerprint density at radius 3 is 1.82 bits per heavy atom. The Morgan fingerprint density at radius 1 is 1.00 bits per heavy atom. The predicted octanol–water partition coefficient (Wildman–Crippen LogP) is 1.20. The van der Waals surface area contributed by atoms with Gasteiger partial charge in [0.1, 0.15) is 0 Å². The molecule has 7 heteroatoms. The van der Waals surface area contributed by atoms with Gasteiger partial charge < -0.3 is 5.32 Å². The number of hydrogen-bond acceptors (Lipinski definition) is 3. The van der Waals surface area contributed by atoms with Gasteiger partial charge in [0.2, 0.25) is 0 Å². The minimum atomic E-state index is 0.423. The van der Waals surface area contributed by atoms with Crippen molar-refractivity contribution < 1.29 is 0 Å². The van der Waals surface area contributed by atoms with Gasteiger partial charge in [-0.1, -0.05) is 10.2 Å². The molecule has 0 aromatic carbocycles. The van der Waals surface area contributed by atoms with Gasteiger partial charge in [-0.15, -0.1) is 0 Å². The maximum Gasteiger partial charge on any atom is 0.0383 e. The second kappa shape index (κ2) is 8.58. The summed E-state index contributed by atoms with van der Waals surface area (Å²) < 4.78 is 0. The Bertz CT molecular complexity index is 155. The molecule has 7 nitrogen and oxygen atoms in total. The van der Waals surface area contributed by atoms with Crippen molar-refractivity contribution in [2.45, 2.75) is 0 Å². The lowest BCUT2D eigenvalue weighted by Gasteiger charge is -1.96. The number of rotatable bonds is 6. The molecule has 0 aromatic heterocycles. The summed E-state index contributed by atoms with van der Waals surface area (Å²) in [6.07, 6.45) is 0. The molecule has 0 aromatic rings. The Morgan fingerprint density at radius 2 is 1.45 bits per heavy atom. The van der Waals surface area contributed by atoms with Gasteiger partial charge in [-0.3, -0.25) is 0 Å². The molecule has 11 heavy (non-hydrogen) atoms. The quantitative estimate of drug-likeness (QED) is 0.264. The molecule has 0 atom stereocenters. The second-order valence-electron chi connectivity index (χ2n) is 1.66. The third kappa shape index (κ3) is 8.58. The molecule has 0 saturated heterocycles. The summed E-state index contributed by atoms with van der Waals surface area (Å²) in [7, 11) is 0. The molecule has 60 valence electrons. The van der Waals surface area contributed by atoms with Crippen LogP contribution in [0.2, 0.25) is 0 Å². The van der Waals surface area contributed by atoms with Crippen molar-refractivity contribution in [3.63, 3.8) is 0 Å². The summed E-state index contributed by atoms with van der Waals surface area (Å²) in [6, 6.07) is 0. The van der Waals surface area contributed by atoms with Gasteiger partial charge in [-0.25, -0.2) is 0 Å². The first-order valence-corrected chi connectivity index (χ1v) is 3.14. The predicted molar refractivity (Wildman–Crippen MR) is 40.9 cm³/mol. The zero-order chi connectivity index (χ0) is 8.36. The molecule has 0 saturated carbocycles. The van der Waals surface area contributed by atoms with Crippen LogP contribution in [0.3, 0.4) is 0 Å². The van der Waals surface area contributed by atoms with E-state index in [1.807, 2.05) is 0 Å². The number of nitrogens with zero attached hydrogens (tertiary/aromatic N) is 6. The van der Waals surface area contributed by atoms with E-state index in [9.17, 15) is 0 Å². The van der Waals surface area contributed by atoms with Crippen LogP contribution in [0.15, 0.2) is 10.2 Å². The van der Waals surface area contributed by atoms with E-state index in [4.69, 9.17) is 11.1 Å². The van der Waals surface area contributed by atoms with E-state index in [2.05, 4.69) is 25.4 Å². The van der Waals surface area contributed by atoms with Crippen molar-refractivity contribution in [2.75, 3.05) is 26.2 Å². The molecular weight excluding hydrogens is 146 g/mol. The van der Waals surface area contributed by atoms with Crippen molar-refractivity contribution in [1.82, 2.24) is 5.32 Å². The maximum absolute atomic E-state index is 7.87. The molecule has 1 N–H and O–H groups in total. The molecule has 0 aliphatic heterocycles. The average Bonchev–Trinajstić information content (AvgIpc) is 2.03. The first-order valence-electron chi connectivity index (χ1n) is 3.14. The van der Waals surface area contributed by atoms with E-state index in [-0.39, 0.29) is 0 Å². The van der Waals surface area contributed by atoms with Crippen molar-refractivity contribution >= 4 is 0 Å². The summed E-state index contributed by atoms with van der Waals surface area (Å²) in [6.45, 7) is 2.08. The second-order valence-corrected chi connectivity index (χ2v) is 1.66. The largest absolute Gasteiger partial charge is 0.316 e. The lowest BCUT2D eigenvalue weighted by atomic mass is 10.6. The van der Waals surface area contributed by atoms with E-state index < -0.39 is 0 Å². The summed E-state index contributed by atoms with van der Waals surface area (Å²) in [5.41, 5.74) is 15.7. The topological polar surface area (TPSA) is 110 Å². The van der Waals surface area contributed by atoms with Crippen LogP contribution in [0, 0.1) is 0 Å². The third-order valence-electron chi connectivity index (χ3n) is 0.904. The molecule has 0 heterocycles. The van der Waals surface area contributed by atoms with Crippen LogP contribution >= 0.6 is 0 Å². The van der Waals surface area contributed by atoms with E-state index >= 15 is 0 Å². The Kier molecular flexibility index (Phi) is 7.47. The Labute approximate surface area is 63.7 Å². The molecule has 0 spiro atoms. The fourth-order valence-corrected chi connectivity index (χ4v) is 0.473. The van der Waals surface area contributed by atoms with Gasteiger partial charge in [-0.05, 0) is 11.1 Å². The standard InChI is InChI=1S/C4H9N7/c5-10-8-3-1-7-2-4-9-11-6/h7H,1-4H2. The number of azide groups is 2. The number of nitrogens with one attached hydrogen (secondary N) is 1. The van der Waals surface area contributed by atoms with Crippen LogP contribution < -0.4 is 5.32 Å². The normalized spacial score (nSPS) is 8.00. The van der Waals surface area contributed by atoms with Crippen LogP contribution in [0.25, 0.3) is 20.9 Å². The van der Waals surface area contributed by atoms with Gasteiger partial charge in [-0.2, -0.15) is 0 Å². The molecule has 0 amide bonds. The minimum absolute atomic E-state index is 0.423. The highest BCUT2D eigenvalue weighted by atomic mass is 15.1. The molecule has 0 fully saturated rings. The van der Waals surface area contributed by atoms with Crippen molar-refractivity contribution in [3.05, 3.63) is 20.9 Å². The third-order valence-corrected chi connectivity index (χ3v) is 0.904. The van der Waals surface area contributed by atoms with Crippen molar-refractivity contribution in [2.24, 2.45) is 10.2 Å². The van der Waals surface area contributed by atoms with E-state index in [0.717, 1.165) is 0 Å². The van der Waals surface area contributed by atoms with Crippen LogP contribution in [-0.4, -0.2) is 26.2 Å². The van der Waals surface area contributed by atoms with Gasteiger partial charge in [0.05, 0.1) is 0 Å². The molecule has 0 bridgehead atoms. The highest BCUT2D eigenvalue weighted by Crippen LogP contribution is 1.70. The van der Waals surface area contributed by atoms with Gasteiger partial charge >= 0.3 is 0 Å². The van der Waals surface area contributed by atoms with E-state index in [0.29, 0.717) is 26.2 Å². The summed E-state index contributed by atoms with van der Waals surface area (Å²) >= 11 is 0. The van der Waals surface area contributed by atoms with E-state index in [1.165, 1.54) is 0 Å². The molecule has 0 aliphatic rings. The fraction of sp³-hybridized carbons (Fsp3) is 1.00. The van der Waals surface area contributed by atoms with Crippen molar-refractivity contribution in [1.29, 1.82) is 0 Å². The minimum Gasteiger partial charge on any atom is -0.316 e. The lowest BCUT2D eigenvalue weighted by molar-refractivity contribution is 0.693. The molecule has 0 rings (SSSR count). The first-order chi connectivity index (χ1) is 5.41. The zero-order valence-electron chi connectivity index (χ0n) is 6.01. The van der Waals surface area contributed by atoms with Gasteiger partial charge in [0.15, 0.2) is 0 Å². The molecule has 0 aliphatic carbocycles. The lowest BCUT2D eigenvalue weighted by Crippen LogP contribution is -2.20. The number of hydrogen-bond donors (Lipinski definition) is 1. The highest BCUT2D eigenvalue weighted by Gasteiger charge is 1.82. The average molecular weight is 155 g/mol. The molecular formula is C4H9N7. The monoisotopic (exact) mass is 155 g/mol. The van der Waals surface area contributed by atoms with Crippen molar-refractivity contribution in [3.8, 4) is 0 Å².